The molecule has 2 atom stereocenters. The van der Waals surface area contributed by atoms with E-state index in [9.17, 15) is 9.59 Å². The van der Waals surface area contributed by atoms with Gasteiger partial charge < -0.3 is 10.1 Å². The molecule has 0 saturated heterocycles. The third kappa shape index (κ3) is 2.97. The van der Waals surface area contributed by atoms with Gasteiger partial charge in [-0.2, -0.15) is 9.78 Å². The molecule has 3 aromatic rings. The van der Waals surface area contributed by atoms with Crippen LogP contribution in [-0.4, -0.2) is 28.3 Å². The Labute approximate surface area is 163 Å². The van der Waals surface area contributed by atoms with Crippen molar-refractivity contribution in [1.29, 1.82) is 0 Å². The van der Waals surface area contributed by atoms with Gasteiger partial charge in [0.25, 0.3) is 5.91 Å². The number of ether oxygens (including phenoxy) is 1. The highest BCUT2D eigenvalue weighted by atomic mass is 16.5. The van der Waals surface area contributed by atoms with Crippen LogP contribution in [0.2, 0.25) is 0 Å². The van der Waals surface area contributed by atoms with Crippen LogP contribution >= 0.6 is 0 Å². The van der Waals surface area contributed by atoms with E-state index in [0.717, 1.165) is 22.4 Å². The number of hydrogen-bond acceptors (Lipinski definition) is 5. The Kier molecular flexibility index (Phi) is 4.69. The number of fused-ring (bicyclic) bond motifs is 1. The van der Waals surface area contributed by atoms with Crippen LogP contribution in [0.15, 0.2) is 60.7 Å². The molecule has 0 unspecified atom stereocenters. The summed E-state index contributed by atoms with van der Waals surface area (Å²) in [5.74, 6) is -1.33. The van der Waals surface area contributed by atoms with Crippen molar-refractivity contribution in [2.24, 2.45) is 5.92 Å². The number of esters is 1. The molecule has 1 aliphatic rings. The third-order valence-electron chi connectivity index (χ3n) is 4.92. The summed E-state index contributed by atoms with van der Waals surface area (Å²) in [6.07, 6.45) is 0. The van der Waals surface area contributed by atoms with Crippen LogP contribution < -0.4 is 5.32 Å². The summed E-state index contributed by atoms with van der Waals surface area (Å²) in [6, 6.07) is 18.7. The molecule has 1 N–H and O–H groups in total. The average molecular weight is 375 g/mol. The second kappa shape index (κ2) is 7.31. The molecule has 1 aromatic heterocycles. The van der Waals surface area contributed by atoms with E-state index in [1.165, 1.54) is 4.68 Å². The van der Waals surface area contributed by atoms with E-state index in [2.05, 4.69) is 10.4 Å². The van der Waals surface area contributed by atoms with Crippen LogP contribution in [0.1, 0.15) is 29.0 Å². The minimum atomic E-state index is -1.00. The van der Waals surface area contributed by atoms with Gasteiger partial charge >= 0.3 is 5.97 Å². The summed E-state index contributed by atoms with van der Waals surface area (Å²) in [5.41, 5.74) is 3.39. The molecule has 2 aromatic carbocycles. The fourth-order valence-corrected chi connectivity index (χ4v) is 3.68. The van der Waals surface area contributed by atoms with Crippen molar-refractivity contribution >= 4 is 17.7 Å². The molecule has 28 heavy (non-hydrogen) atoms. The van der Waals surface area contributed by atoms with E-state index in [1.807, 2.05) is 67.6 Å². The Morgan fingerprint density at radius 1 is 1.11 bits per heavy atom. The molecule has 0 amide bonds. The molecule has 4 rings (SSSR count). The molecule has 0 saturated carbocycles. The van der Waals surface area contributed by atoms with Crippen molar-refractivity contribution in [2.45, 2.75) is 19.9 Å². The predicted molar refractivity (Wildman–Crippen MR) is 106 cm³/mol. The summed E-state index contributed by atoms with van der Waals surface area (Å²) >= 11 is 0. The Bertz CT molecular complexity index is 1010. The largest absolute Gasteiger partial charge is 0.465 e. The van der Waals surface area contributed by atoms with Gasteiger partial charge in [-0.1, -0.05) is 60.7 Å². The molecule has 0 radical (unpaired) electrons. The van der Waals surface area contributed by atoms with Crippen molar-refractivity contribution in [3.8, 4) is 11.1 Å². The lowest BCUT2D eigenvalue weighted by Gasteiger charge is -2.31. The second-order valence-corrected chi connectivity index (χ2v) is 6.69. The first-order valence-corrected chi connectivity index (χ1v) is 9.29. The number of benzene rings is 2. The van der Waals surface area contributed by atoms with Crippen molar-refractivity contribution in [3.63, 3.8) is 0 Å². The number of anilines is 1. The Balaban J connectivity index is 1.86. The zero-order valence-corrected chi connectivity index (χ0v) is 15.8. The zero-order valence-electron chi connectivity index (χ0n) is 15.8. The molecule has 6 heteroatoms. The van der Waals surface area contributed by atoms with Crippen LogP contribution in [0.25, 0.3) is 11.1 Å². The van der Waals surface area contributed by atoms with Crippen LogP contribution in [-0.2, 0) is 9.53 Å². The SMILES string of the molecule is CCOC(=O)[C@@H]1C(=O)n2nc(C)c(-c3ccccc3)c2N[C@H]1c1ccccc1. The Hall–Kier alpha value is -3.41. The minimum Gasteiger partial charge on any atom is -0.465 e. The highest BCUT2D eigenvalue weighted by molar-refractivity contribution is 6.04. The number of nitrogens with one attached hydrogen (secondary N) is 1. The normalized spacial score (nSPS) is 18.3. The van der Waals surface area contributed by atoms with Crippen molar-refractivity contribution in [3.05, 3.63) is 71.9 Å². The summed E-state index contributed by atoms with van der Waals surface area (Å²) in [6.45, 7) is 3.80. The van der Waals surface area contributed by atoms with E-state index in [1.54, 1.807) is 6.92 Å². The van der Waals surface area contributed by atoms with Crippen LogP contribution in [0.5, 0.6) is 0 Å². The van der Waals surface area contributed by atoms with Gasteiger partial charge in [0.05, 0.1) is 18.3 Å². The lowest BCUT2D eigenvalue weighted by atomic mass is 9.90. The number of aromatic nitrogens is 2. The number of nitrogens with zero attached hydrogens (tertiary/aromatic N) is 2. The van der Waals surface area contributed by atoms with Gasteiger partial charge in [0.2, 0.25) is 0 Å². The Morgan fingerprint density at radius 2 is 1.75 bits per heavy atom. The van der Waals surface area contributed by atoms with Gasteiger partial charge in [-0.05, 0) is 25.0 Å². The first kappa shape index (κ1) is 18.0. The number of aryl methyl sites for hydroxylation is 1. The summed E-state index contributed by atoms with van der Waals surface area (Å²) in [4.78, 5) is 25.9. The molecule has 6 nitrogen and oxygen atoms in total. The van der Waals surface area contributed by atoms with Gasteiger partial charge in [0.15, 0.2) is 5.92 Å². The second-order valence-electron chi connectivity index (χ2n) is 6.69. The van der Waals surface area contributed by atoms with Crippen LogP contribution in [0.4, 0.5) is 5.82 Å². The lowest BCUT2D eigenvalue weighted by Crippen LogP contribution is -2.43. The molecule has 1 aliphatic heterocycles. The fraction of sp³-hybridized carbons (Fsp3) is 0.227. The topological polar surface area (TPSA) is 73.2 Å². The van der Waals surface area contributed by atoms with Gasteiger partial charge in [0, 0.05) is 5.56 Å². The molecule has 2 heterocycles. The third-order valence-corrected chi connectivity index (χ3v) is 4.92. The first-order valence-electron chi connectivity index (χ1n) is 9.29. The molecule has 0 bridgehead atoms. The predicted octanol–water partition coefficient (Wildman–Crippen LogP) is 3.84. The molecule has 0 aliphatic carbocycles. The highest BCUT2D eigenvalue weighted by Crippen LogP contribution is 2.40. The van der Waals surface area contributed by atoms with E-state index >= 15 is 0 Å². The molecule has 0 spiro atoms. The van der Waals surface area contributed by atoms with Gasteiger partial charge in [-0.15, -0.1) is 0 Å². The van der Waals surface area contributed by atoms with Crippen molar-refractivity contribution < 1.29 is 14.3 Å². The zero-order chi connectivity index (χ0) is 19.7. The highest BCUT2D eigenvalue weighted by Gasteiger charge is 2.44. The lowest BCUT2D eigenvalue weighted by molar-refractivity contribution is -0.147. The van der Waals surface area contributed by atoms with Crippen LogP contribution in [0, 0.1) is 12.8 Å². The Morgan fingerprint density at radius 3 is 2.39 bits per heavy atom. The fourth-order valence-electron chi connectivity index (χ4n) is 3.68. The number of rotatable bonds is 4. The van der Waals surface area contributed by atoms with Gasteiger partial charge in [0.1, 0.15) is 5.82 Å². The number of hydrogen-bond donors (Lipinski definition) is 1. The summed E-state index contributed by atoms with van der Waals surface area (Å²) < 4.78 is 6.50. The minimum absolute atomic E-state index is 0.213. The molecule has 142 valence electrons. The summed E-state index contributed by atoms with van der Waals surface area (Å²) in [7, 11) is 0. The monoisotopic (exact) mass is 375 g/mol. The van der Waals surface area contributed by atoms with Gasteiger partial charge in [-0.25, -0.2) is 0 Å². The van der Waals surface area contributed by atoms with Crippen molar-refractivity contribution in [1.82, 2.24) is 9.78 Å². The maximum atomic E-state index is 13.3. The summed E-state index contributed by atoms with van der Waals surface area (Å²) in [5, 5.41) is 7.83. The van der Waals surface area contributed by atoms with Crippen molar-refractivity contribution in [2.75, 3.05) is 11.9 Å². The number of carbonyl (C=O) groups excluding carboxylic acids is 2. The van der Waals surface area contributed by atoms with E-state index in [4.69, 9.17) is 4.74 Å². The maximum Gasteiger partial charge on any atom is 0.321 e. The number of carbonyl (C=O) groups is 2. The van der Waals surface area contributed by atoms with Crippen LogP contribution in [0.3, 0.4) is 0 Å². The van der Waals surface area contributed by atoms with Gasteiger partial charge in [-0.3, -0.25) is 9.59 Å². The standard InChI is InChI=1S/C22H21N3O3/c1-3-28-22(27)18-19(16-12-8-5-9-13-16)23-20-17(15-10-6-4-7-11-15)14(2)24-25(20)21(18)26/h4-13,18-19,23H,3H2,1-2H3/t18-,19-/m0/s1. The quantitative estimate of drug-likeness (QED) is 0.554. The first-order chi connectivity index (χ1) is 13.6. The molecular formula is C22H21N3O3. The van der Waals surface area contributed by atoms with E-state index in [-0.39, 0.29) is 12.5 Å². The molecular weight excluding hydrogens is 354 g/mol. The van der Waals surface area contributed by atoms with E-state index < -0.39 is 17.9 Å². The average Bonchev–Trinajstić information content (AvgIpc) is 3.05. The maximum absolute atomic E-state index is 13.3. The molecule has 0 fully saturated rings. The smallest absolute Gasteiger partial charge is 0.321 e. The van der Waals surface area contributed by atoms with E-state index in [0.29, 0.717) is 5.82 Å².